The summed E-state index contributed by atoms with van der Waals surface area (Å²) in [6.45, 7) is 4.81. The Morgan fingerprint density at radius 2 is 2.24 bits per heavy atom. The number of rotatable bonds is 5. The maximum absolute atomic E-state index is 12.0. The summed E-state index contributed by atoms with van der Waals surface area (Å²) in [5.41, 5.74) is 0.724. The van der Waals surface area contributed by atoms with E-state index in [-0.39, 0.29) is 24.1 Å². The van der Waals surface area contributed by atoms with E-state index in [9.17, 15) is 9.59 Å². The highest BCUT2D eigenvalue weighted by atomic mass is 16.5. The predicted octanol–water partition coefficient (Wildman–Crippen LogP) is 0.785. The topological polar surface area (TPSA) is 76.5 Å². The van der Waals surface area contributed by atoms with E-state index in [1.54, 1.807) is 24.5 Å². The Balaban J connectivity index is 1.52. The molecular weight excluding hydrogens is 320 g/mol. The largest absolute Gasteiger partial charge is 0.375 e. The summed E-state index contributed by atoms with van der Waals surface area (Å²) in [4.78, 5) is 30.2. The third-order valence-electron chi connectivity index (χ3n) is 4.08. The van der Waals surface area contributed by atoms with E-state index in [1.165, 1.54) is 10.6 Å². The Morgan fingerprint density at radius 1 is 1.36 bits per heavy atom. The minimum absolute atomic E-state index is 0.0108. The average Bonchev–Trinajstić information content (AvgIpc) is 2.62. The first kappa shape index (κ1) is 17.2. The van der Waals surface area contributed by atoms with Crippen molar-refractivity contribution in [3.05, 3.63) is 58.6 Å². The van der Waals surface area contributed by atoms with Gasteiger partial charge in [-0.2, -0.15) is 0 Å². The molecule has 1 N–H and O–H groups in total. The lowest BCUT2D eigenvalue weighted by atomic mass is 10.2. The number of morpholine rings is 1. The fourth-order valence-electron chi connectivity index (χ4n) is 2.74. The summed E-state index contributed by atoms with van der Waals surface area (Å²) in [6, 6.07) is 8.73. The van der Waals surface area contributed by atoms with Crippen molar-refractivity contribution in [2.45, 2.75) is 26.1 Å². The van der Waals surface area contributed by atoms with Crippen molar-refractivity contribution in [3.8, 4) is 0 Å². The molecule has 132 valence electrons. The van der Waals surface area contributed by atoms with Gasteiger partial charge in [0.25, 0.3) is 5.56 Å². The van der Waals surface area contributed by atoms with Gasteiger partial charge in [0, 0.05) is 38.1 Å². The molecule has 0 aliphatic carbocycles. The Bertz CT molecular complexity index is 772. The second-order valence-electron chi connectivity index (χ2n) is 6.10. The number of carbonyl (C=O) groups excluding carboxylic acids is 1. The van der Waals surface area contributed by atoms with Crippen LogP contribution < -0.4 is 15.8 Å². The molecule has 7 heteroatoms. The van der Waals surface area contributed by atoms with Crippen LogP contribution in [0.15, 0.2) is 47.5 Å². The van der Waals surface area contributed by atoms with Gasteiger partial charge in [0.05, 0.1) is 12.7 Å². The lowest BCUT2D eigenvalue weighted by Crippen LogP contribution is -2.41. The van der Waals surface area contributed by atoms with E-state index in [2.05, 4.69) is 15.2 Å². The van der Waals surface area contributed by atoms with Crippen LogP contribution >= 0.6 is 0 Å². The van der Waals surface area contributed by atoms with Crippen LogP contribution in [-0.4, -0.2) is 41.3 Å². The monoisotopic (exact) mass is 342 g/mol. The molecule has 0 saturated carbocycles. The van der Waals surface area contributed by atoms with Crippen molar-refractivity contribution >= 4 is 11.7 Å². The van der Waals surface area contributed by atoms with E-state index in [4.69, 9.17) is 4.74 Å². The molecule has 0 aromatic carbocycles. The maximum atomic E-state index is 12.0. The molecule has 1 amide bonds. The number of amides is 1. The predicted molar refractivity (Wildman–Crippen MR) is 94.4 cm³/mol. The molecule has 2 aromatic heterocycles. The molecule has 1 aliphatic heterocycles. The molecule has 1 saturated heterocycles. The van der Waals surface area contributed by atoms with Crippen LogP contribution in [0.4, 0.5) is 5.82 Å². The highest BCUT2D eigenvalue weighted by Crippen LogP contribution is 2.15. The first-order chi connectivity index (χ1) is 12.1. The molecule has 3 rings (SSSR count). The Morgan fingerprint density at radius 3 is 2.96 bits per heavy atom. The van der Waals surface area contributed by atoms with Gasteiger partial charge in [0.1, 0.15) is 12.4 Å². The van der Waals surface area contributed by atoms with Crippen LogP contribution in [0.1, 0.15) is 12.5 Å². The summed E-state index contributed by atoms with van der Waals surface area (Å²) in [6.07, 6.45) is 3.57. The smallest absolute Gasteiger partial charge is 0.250 e. The van der Waals surface area contributed by atoms with E-state index >= 15 is 0 Å². The molecule has 2 aromatic rings. The van der Waals surface area contributed by atoms with Gasteiger partial charge < -0.3 is 19.5 Å². The fourth-order valence-corrected chi connectivity index (χ4v) is 2.74. The van der Waals surface area contributed by atoms with Gasteiger partial charge in [0.15, 0.2) is 0 Å². The van der Waals surface area contributed by atoms with Crippen molar-refractivity contribution in [2.75, 3.05) is 24.6 Å². The summed E-state index contributed by atoms with van der Waals surface area (Å²) in [7, 11) is 0. The van der Waals surface area contributed by atoms with Crippen LogP contribution in [0.2, 0.25) is 0 Å². The standard InChI is InChI=1S/C18H22N4O3/c1-14-12-21(8-9-25-14)16-6-5-15(10-19-16)11-20-17(23)13-22-7-3-2-4-18(22)24/h2-7,10,14H,8-9,11-13H2,1H3,(H,20,23). The van der Waals surface area contributed by atoms with Crippen molar-refractivity contribution in [3.63, 3.8) is 0 Å². The van der Waals surface area contributed by atoms with E-state index < -0.39 is 0 Å². The second-order valence-corrected chi connectivity index (χ2v) is 6.10. The summed E-state index contributed by atoms with van der Waals surface area (Å²) in [5.74, 6) is 0.709. The van der Waals surface area contributed by atoms with Gasteiger partial charge in [-0.15, -0.1) is 0 Å². The molecule has 1 aliphatic rings. The van der Waals surface area contributed by atoms with Crippen molar-refractivity contribution in [1.29, 1.82) is 0 Å². The van der Waals surface area contributed by atoms with E-state index in [1.807, 2.05) is 19.1 Å². The molecule has 1 atom stereocenters. The SMILES string of the molecule is CC1CN(c2ccc(CNC(=O)Cn3ccccc3=O)cn2)CCO1. The highest BCUT2D eigenvalue weighted by Gasteiger charge is 2.17. The first-order valence-electron chi connectivity index (χ1n) is 8.35. The Hall–Kier alpha value is -2.67. The Kier molecular flexibility index (Phi) is 5.45. The fraction of sp³-hybridized carbons (Fsp3) is 0.389. The van der Waals surface area contributed by atoms with Crippen molar-refractivity contribution in [2.24, 2.45) is 0 Å². The minimum atomic E-state index is -0.209. The van der Waals surface area contributed by atoms with Gasteiger partial charge >= 0.3 is 0 Å². The van der Waals surface area contributed by atoms with Gasteiger partial charge in [0.2, 0.25) is 5.91 Å². The molecule has 0 bridgehead atoms. The van der Waals surface area contributed by atoms with Gasteiger partial charge in [-0.1, -0.05) is 12.1 Å². The number of nitrogens with zero attached hydrogens (tertiary/aromatic N) is 3. The lowest BCUT2D eigenvalue weighted by Gasteiger charge is -2.32. The van der Waals surface area contributed by atoms with Crippen LogP contribution in [-0.2, 0) is 22.6 Å². The van der Waals surface area contributed by atoms with Crippen LogP contribution in [0.3, 0.4) is 0 Å². The molecule has 3 heterocycles. The normalized spacial score (nSPS) is 17.3. The maximum Gasteiger partial charge on any atom is 0.250 e. The number of ether oxygens (including phenoxy) is 1. The number of nitrogens with one attached hydrogen (secondary N) is 1. The zero-order chi connectivity index (χ0) is 17.6. The third kappa shape index (κ3) is 4.67. The summed E-state index contributed by atoms with van der Waals surface area (Å²) in [5, 5.41) is 2.81. The number of aromatic nitrogens is 2. The van der Waals surface area contributed by atoms with E-state index in [0.29, 0.717) is 13.2 Å². The zero-order valence-electron chi connectivity index (χ0n) is 14.2. The molecule has 0 radical (unpaired) electrons. The summed E-state index contributed by atoms with van der Waals surface area (Å²) < 4.78 is 6.91. The molecule has 7 nitrogen and oxygen atoms in total. The molecular formula is C18H22N4O3. The van der Waals surface area contributed by atoms with Crippen LogP contribution in [0.25, 0.3) is 0 Å². The number of anilines is 1. The van der Waals surface area contributed by atoms with Crippen molar-refractivity contribution < 1.29 is 9.53 Å². The molecule has 1 fully saturated rings. The zero-order valence-corrected chi connectivity index (χ0v) is 14.2. The van der Waals surface area contributed by atoms with E-state index in [0.717, 1.165) is 24.5 Å². The van der Waals surface area contributed by atoms with Gasteiger partial charge in [-0.05, 0) is 24.6 Å². The number of hydrogen-bond donors (Lipinski definition) is 1. The number of pyridine rings is 2. The van der Waals surface area contributed by atoms with Crippen molar-refractivity contribution in [1.82, 2.24) is 14.9 Å². The van der Waals surface area contributed by atoms with Gasteiger partial charge in [-0.25, -0.2) is 4.98 Å². The minimum Gasteiger partial charge on any atom is -0.375 e. The summed E-state index contributed by atoms with van der Waals surface area (Å²) >= 11 is 0. The average molecular weight is 342 g/mol. The quantitative estimate of drug-likeness (QED) is 0.869. The molecule has 0 spiro atoms. The highest BCUT2D eigenvalue weighted by molar-refractivity contribution is 5.75. The first-order valence-corrected chi connectivity index (χ1v) is 8.35. The molecule has 1 unspecified atom stereocenters. The van der Waals surface area contributed by atoms with Gasteiger partial charge in [-0.3, -0.25) is 9.59 Å². The molecule has 25 heavy (non-hydrogen) atoms. The van der Waals surface area contributed by atoms with Crippen LogP contribution in [0, 0.1) is 0 Å². The number of hydrogen-bond acceptors (Lipinski definition) is 5. The second kappa shape index (κ2) is 7.94. The third-order valence-corrected chi connectivity index (χ3v) is 4.08. The Labute approximate surface area is 146 Å². The lowest BCUT2D eigenvalue weighted by molar-refractivity contribution is -0.121. The van der Waals surface area contributed by atoms with Crippen LogP contribution in [0.5, 0.6) is 0 Å². The number of carbonyl (C=O) groups is 1.